The highest BCUT2D eigenvalue weighted by Crippen LogP contribution is 2.27. The van der Waals surface area contributed by atoms with Gasteiger partial charge in [-0.15, -0.1) is 0 Å². The summed E-state index contributed by atoms with van der Waals surface area (Å²) in [6.07, 6.45) is 0. The van der Waals surface area contributed by atoms with Crippen LogP contribution in [0, 0.1) is 17.1 Å². The number of rotatable bonds is 5. The van der Waals surface area contributed by atoms with Gasteiger partial charge < -0.3 is 0 Å². The van der Waals surface area contributed by atoms with E-state index in [0.29, 0.717) is 0 Å². The molecule has 0 fully saturated rings. The quantitative estimate of drug-likeness (QED) is 0.812. The first-order valence-corrected chi connectivity index (χ1v) is 8.87. The van der Waals surface area contributed by atoms with Crippen molar-refractivity contribution in [2.75, 3.05) is 15.2 Å². The summed E-state index contributed by atoms with van der Waals surface area (Å²) in [5, 5.41) is 8.94. The van der Waals surface area contributed by atoms with E-state index >= 15 is 0 Å². The van der Waals surface area contributed by atoms with Gasteiger partial charge in [0.25, 0.3) is 0 Å². The van der Waals surface area contributed by atoms with Crippen LogP contribution in [0.3, 0.4) is 0 Å². The molecule has 0 amide bonds. The molecule has 0 spiro atoms. The van der Waals surface area contributed by atoms with Gasteiger partial charge in [-0.25, -0.2) is 21.2 Å². The maximum atomic E-state index is 13.1. The molecule has 0 N–H and O–H groups in total. The molecule has 0 atom stereocenters. The van der Waals surface area contributed by atoms with E-state index < -0.39 is 37.4 Å². The first kappa shape index (κ1) is 16.4. The first-order chi connectivity index (χ1) is 9.19. The number of nitrogens with zero attached hydrogens (tertiary/aromatic N) is 2. The molecule has 0 saturated heterocycles. The summed E-state index contributed by atoms with van der Waals surface area (Å²) in [5.74, 6) is -1.68. The summed E-state index contributed by atoms with van der Waals surface area (Å²) >= 11 is 0. The summed E-state index contributed by atoms with van der Waals surface area (Å²) in [7, 11) is -8.31. The Bertz CT molecular complexity index is 717. The van der Waals surface area contributed by atoms with Gasteiger partial charge in [-0.1, -0.05) is 0 Å². The van der Waals surface area contributed by atoms with Crippen molar-refractivity contribution < 1.29 is 21.2 Å². The van der Waals surface area contributed by atoms with Crippen LogP contribution in [0.4, 0.5) is 10.1 Å². The minimum atomic E-state index is -4.16. The fraction of sp³-hybridized carbons (Fsp3) is 0.364. The molecule has 0 unspecified atom stereocenters. The number of hydrogen-bond donors (Lipinski definition) is 0. The molecule has 0 aliphatic heterocycles. The monoisotopic (exact) mass is 320 g/mol. The van der Waals surface area contributed by atoms with Gasteiger partial charge in [-0.05, 0) is 32.0 Å². The van der Waals surface area contributed by atoms with E-state index in [-0.39, 0.29) is 15.0 Å². The standard InChI is InChI=1S/C11H13FN2O4S2/c1-3-19(15,16)14(20(17,18)4-2)11-6-5-10(12)7-9(11)8-13/h5-7H,3-4H2,1-2H3. The van der Waals surface area contributed by atoms with Gasteiger partial charge in [-0.2, -0.15) is 8.97 Å². The zero-order valence-electron chi connectivity index (χ0n) is 10.9. The largest absolute Gasteiger partial charge is 0.247 e. The van der Waals surface area contributed by atoms with Crippen LogP contribution >= 0.6 is 0 Å². The Kier molecular flexibility index (Phi) is 4.73. The molecule has 0 heterocycles. The molecule has 0 aliphatic carbocycles. The molecule has 110 valence electrons. The van der Waals surface area contributed by atoms with E-state index in [1.807, 2.05) is 0 Å². The van der Waals surface area contributed by atoms with Crippen LogP contribution < -0.4 is 3.71 Å². The van der Waals surface area contributed by atoms with Crippen molar-refractivity contribution >= 4 is 25.7 Å². The minimum absolute atomic E-state index is 0.206. The average molecular weight is 320 g/mol. The van der Waals surface area contributed by atoms with E-state index in [1.165, 1.54) is 13.8 Å². The molecule has 0 radical (unpaired) electrons. The predicted octanol–water partition coefficient (Wildman–Crippen LogP) is 1.20. The van der Waals surface area contributed by atoms with Crippen molar-refractivity contribution in [3.05, 3.63) is 29.6 Å². The highest BCUT2D eigenvalue weighted by atomic mass is 32.3. The second-order valence-corrected chi connectivity index (χ2v) is 8.22. The summed E-state index contributed by atoms with van der Waals surface area (Å²) < 4.78 is 61.3. The Morgan fingerprint density at radius 1 is 1.15 bits per heavy atom. The van der Waals surface area contributed by atoms with Crippen LogP contribution in [-0.2, 0) is 20.0 Å². The molecular weight excluding hydrogens is 307 g/mol. The van der Waals surface area contributed by atoms with Gasteiger partial charge in [0.15, 0.2) is 0 Å². The number of anilines is 1. The number of sulfonamides is 2. The summed E-state index contributed by atoms with van der Waals surface area (Å²) in [6, 6.07) is 4.26. The van der Waals surface area contributed by atoms with Crippen LogP contribution in [-0.4, -0.2) is 28.3 Å². The third-order valence-corrected chi connectivity index (χ3v) is 6.74. The second-order valence-electron chi connectivity index (χ2n) is 3.77. The lowest BCUT2D eigenvalue weighted by atomic mass is 10.2. The van der Waals surface area contributed by atoms with Crippen molar-refractivity contribution in [2.45, 2.75) is 13.8 Å². The molecule has 1 aromatic rings. The number of nitriles is 1. The second kappa shape index (κ2) is 5.76. The average Bonchev–Trinajstić information content (AvgIpc) is 2.40. The molecule has 9 heteroatoms. The number of hydrogen-bond acceptors (Lipinski definition) is 5. The number of halogens is 1. The van der Waals surface area contributed by atoms with Crippen molar-refractivity contribution in [3.8, 4) is 6.07 Å². The lowest BCUT2D eigenvalue weighted by Gasteiger charge is -2.23. The van der Waals surface area contributed by atoms with Crippen LogP contribution in [0.25, 0.3) is 0 Å². The van der Waals surface area contributed by atoms with Crippen LogP contribution in [0.2, 0.25) is 0 Å². The lowest BCUT2D eigenvalue weighted by molar-refractivity contribution is 0.585. The maximum absolute atomic E-state index is 13.1. The molecule has 0 aromatic heterocycles. The highest BCUT2D eigenvalue weighted by Gasteiger charge is 2.33. The fourth-order valence-electron chi connectivity index (χ4n) is 1.46. The van der Waals surface area contributed by atoms with Gasteiger partial charge in [0.1, 0.15) is 11.9 Å². The molecule has 0 aliphatic rings. The number of benzene rings is 1. The van der Waals surface area contributed by atoms with Crippen LogP contribution in [0.15, 0.2) is 18.2 Å². The zero-order chi connectivity index (χ0) is 15.6. The zero-order valence-corrected chi connectivity index (χ0v) is 12.5. The Labute approximate surface area is 117 Å². The van der Waals surface area contributed by atoms with Gasteiger partial charge >= 0.3 is 0 Å². The van der Waals surface area contributed by atoms with Gasteiger partial charge in [0.2, 0.25) is 20.0 Å². The molecule has 6 nitrogen and oxygen atoms in total. The molecule has 1 rings (SSSR count). The lowest BCUT2D eigenvalue weighted by Crippen LogP contribution is -2.39. The van der Waals surface area contributed by atoms with E-state index in [1.54, 1.807) is 6.07 Å². The van der Waals surface area contributed by atoms with Crippen LogP contribution in [0.5, 0.6) is 0 Å². The molecule has 1 aromatic carbocycles. The van der Waals surface area contributed by atoms with Gasteiger partial charge in [-0.3, -0.25) is 0 Å². The Balaban J connectivity index is 3.70. The van der Waals surface area contributed by atoms with E-state index in [4.69, 9.17) is 5.26 Å². The first-order valence-electron chi connectivity index (χ1n) is 5.65. The SMILES string of the molecule is CCS(=O)(=O)N(c1ccc(F)cc1C#N)S(=O)(=O)CC. The predicted molar refractivity (Wildman–Crippen MR) is 72.5 cm³/mol. The van der Waals surface area contributed by atoms with Crippen molar-refractivity contribution in [1.82, 2.24) is 0 Å². The summed E-state index contributed by atoms with van der Waals surface area (Å²) in [5.41, 5.74) is -0.725. The maximum Gasteiger partial charge on any atom is 0.247 e. The molecule has 0 saturated carbocycles. The summed E-state index contributed by atoms with van der Waals surface area (Å²) in [6.45, 7) is 2.56. The van der Waals surface area contributed by atoms with Gasteiger partial charge in [0, 0.05) is 0 Å². The van der Waals surface area contributed by atoms with E-state index in [9.17, 15) is 21.2 Å². The van der Waals surface area contributed by atoms with E-state index in [0.717, 1.165) is 18.2 Å². The molecular formula is C11H13FN2O4S2. The highest BCUT2D eigenvalue weighted by molar-refractivity contribution is 8.10. The summed E-state index contributed by atoms with van der Waals surface area (Å²) in [4.78, 5) is 0. The fourth-order valence-corrected chi connectivity index (χ4v) is 4.87. The van der Waals surface area contributed by atoms with E-state index in [2.05, 4.69) is 0 Å². The Hall–Kier alpha value is -1.66. The Morgan fingerprint density at radius 3 is 2.05 bits per heavy atom. The molecule has 20 heavy (non-hydrogen) atoms. The van der Waals surface area contributed by atoms with Crippen molar-refractivity contribution in [1.29, 1.82) is 5.26 Å². The van der Waals surface area contributed by atoms with Crippen LogP contribution in [0.1, 0.15) is 19.4 Å². The van der Waals surface area contributed by atoms with Crippen molar-refractivity contribution in [2.24, 2.45) is 0 Å². The molecule has 0 bridgehead atoms. The van der Waals surface area contributed by atoms with Gasteiger partial charge in [0.05, 0.1) is 22.8 Å². The third-order valence-electron chi connectivity index (χ3n) is 2.51. The third kappa shape index (κ3) is 3.08. The van der Waals surface area contributed by atoms with Crippen molar-refractivity contribution in [3.63, 3.8) is 0 Å². The topological polar surface area (TPSA) is 95.3 Å². The minimum Gasteiger partial charge on any atom is -0.207 e. The Morgan fingerprint density at radius 2 is 1.65 bits per heavy atom. The smallest absolute Gasteiger partial charge is 0.207 e. The normalized spacial score (nSPS) is 11.9.